The van der Waals surface area contributed by atoms with Gasteiger partial charge < -0.3 is 14.6 Å². The maximum absolute atomic E-state index is 13.4. The van der Waals surface area contributed by atoms with Crippen LogP contribution in [0, 0.1) is 0 Å². The van der Waals surface area contributed by atoms with E-state index in [1.165, 1.54) is 6.20 Å². The molecule has 1 N–H and O–H groups in total. The van der Waals surface area contributed by atoms with Crippen LogP contribution in [0.25, 0.3) is 11.5 Å². The number of anilines is 2. The predicted molar refractivity (Wildman–Crippen MR) is 103 cm³/mol. The highest BCUT2D eigenvalue weighted by atomic mass is 19.4. The van der Waals surface area contributed by atoms with E-state index >= 15 is 0 Å². The summed E-state index contributed by atoms with van der Waals surface area (Å²) in [6.45, 7) is 5.47. The van der Waals surface area contributed by atoms with Crippen molar-refractivity contribution in [2.75, 3.05) is 23.3 Å². The smallest absolute Gasteiger partial charge is 0.431 e. The van der Waals surface area contributed by atoms with Gasteiger partial charge >= 0.3 is 6.18 Å². The number of nitrogens with zero attached hydrogens (tertiary/aromatic N) is 3. The molecule has 0 spiro atoms. The molecule has 0 saturated carbocycles. The fourth-order valence-electron chi connectivity index (χ4n) is 2.76. The lowest BCUT2D eigenvalue weighted by atomic mass is 10.2. The normalized spacial score (nSPS) is 11.3. The van der Waals surface area contributed by atoms with E-state index in [2.05, 4.69) is 15.3 Å². The molecule has 0 bridgehead atoms. The Morgan fingerprint density at radius 3 is 2.34 bits per heavy atom. The summed E-state index contributed by atoms with van der Waals surface area (Å²) in [5.74, 6) is -2.04. The van der Waals surface area contributed by atoms with Gasteiger partial charge in [0, 0.05) is 18.7 Å². The number of hydrogen-bond acceptors (Lipinski definition) is 5. The number of alkyl halides is 3. The first-order chi connectivity index (χ1) is 13.8. The Balaban J connectivity index is 1.87. The van der Waals surface area contributed by atoms with Crippen LogP contribution >= 0.6 is 0 Å². The van der Waals surface area contributed by atoms with E-state index in [0.717, 1.165) is 13.1 Å². The van der Waals surface area contributed by atoms with Crippen LogP contribution in [0.5, 0.6) is 0 Å². The lowest BCUT2D eigenvalue weighted by Crippen LogP contribution is -2.23. The summed E-state index contributed by atoms with van der Waals surface area (Å²) >= 11 is 0. The summed E-state index contributed by atoms with van der Waals surface area (Å²) in [7, 11) is 0. The van der Waals surface area contributed by atoms with Crippen molar-refractivity contribution in [1.29, 1.82) is 0 Å². The minimum absolute atomic E-state index is 0.253. The van der Waals surface area contributed by atoms with Crippen molar-refractivity contribution in [2.24, 2.45) is 0 Å². The van der Waals surface area contributed by atoms with E-state index in [9.17, 15) is 18.0 Å². The Hall–Kier alpha value is -3.36. The highest BCUT2D eigenvalue weighted by molar-refractivity contribution is 6.04. The number of aromatic nitrogens is 2. The van der Waals surface area contributed by atoms with Gasteiger partial charge in [-0.3, -0.25) is 4.79 Å². The van der Waals surface area contributed by atoms with Crippen molar-refractivity contribution >= 4 is 17.4 Å². The van der Waals surface area contributed by atoms with Crippen molar-refractivity contribution in [1.82, 2.24) is 9.97 Å². The summed E-state index contributed by atoms with van der Waals surface area (Å²) in [5, 5.41) is 2.40. The Bertz CT molecular complexity index is 966. The first kappa shape index (κ1) is 20.4. The molecule has 6 nitrogen and oxygen atoms in total. The number of halogens is 3. The third-order valence-corrected chi connectivity index (χ3v) is 4.21. The SMILES string of the molecule is CCN(CC)c1ccc(NC(=O)c2nc(-c3ccccc3)oc2C(F)(F)F)cn1. The van der Waals surface area contributed by atoms with Gasteiger partial charge in [0.1, 0.15) is 5.82 Å². The molecule has 0 aliphatic rings. The Morgan fingerprint density at radius 2 is 1.79 bits per heavy atom. The van der Waals surface area contributed by atoms with Gasteiger partial charge in [-0.15, -0.1) is 0 Å². The molecule has 1 amide bonds. The van der Waals surface area contributed by atoms with Crippen LogP contribution in [0.1, 0.15) is 30.1 Å². The quantitative estimate of drug-likeness (QED) is 0.636. The Kier molecular flexibility index (Phi) is 5.86. The van der Waals surface area contributed by atoms with Crippen LogP contribution in [-0.2, 0) is 6.18 Å². The molecule has 3 rings (SSSR count). The Morgan fingerprint density at radius 1 is 1.10 bits per heavy atom. The second kappa shape index (κ2) is 8.34. The minimum atomic E-state index is -4.86. The van der Waals surface area contributed by atoms with E-state index in [1.807, 2.05) is 18.7 Å². The van der Waals surface area contributed by atoms with Gasteiger partial charge in [-0.1, -0.05) is 18.2 Å². The average Bonchev–Trinajstić information content (AvgIpc) is 3.17. The number of nitrogens with one attached hydrogen (secondary N) is 1. The molecule has 9 heteroatoms. The number of amides is 1. The van der Waals surface area contributed by atoms with E-state index in [0.29, 0.717) is 11.4 Å². The summed E-state index contributed by atoms with van der Waals surface area (Å²) in [4.78, 5) is 22.5. The maximum atomic E-state index is 13.4. The molecule has 0 aliphatic carbocycles. The zero-order chi connectivity index (χ0) is 21.0. The molecule has 0 aliphatic heterocycles. The second-order valence-electron chi connectivity index (χ2n) is 6.09. The zero-order valence-electron chi connectivity index (χ0n) is 15.8. The highest BCUT2D eigenvalue weighted by Crippen LogP contribution is 2.35. The molecule has 0 saturated heterocycles. The van der Waals surface area contributed by atoms with Crippen LogP contribution in [-0.4, -0.2) is 29.0 Å². The molecule has 0 atom stereocenters. The number of hydrogen-bond donors (Lipinski definition) is 1. The molecule has 0 radical (unpaired) electrons. The molecule has 29 heavy (non-hydrogen) atoms. The monoisotopic (exact) mass is 404 g/mol. The Labute approximate surface area is 165 Å². The van der Waals surface area contributed by atoms with Gasteiger partial charge in [0.25, 0.3) is 5.91 Å². The van der Waals surface area contributed by atoms with E-state index in [4.69, 9.17) is 4.42 Å². The fourth-order valence-corrected chi connectivity index (χ4v) is 2.76. The molecule has 0 unspecified atom stereocenters. The minimum Gasteiger partial charge on any atom is -0.431 e. The van der Waals surface area contributed by atoms with Crippen LogP contribution < -0.4 is 10.2 Å². The lowest BCUT2D eigenvalue weighted by molar-refractivity contribution is -0.153. The van der Waals surface area contributed by atoms with Crippen LogP contribution in [0.3, 0.4) is 0 Å². The topological polar surface area (TPSA) is 71.3 Å². The summed E-state index contributed by atoms with van der Waals surface area (Å²) in [6, 6.07) is 11.3. The first-order valence-corrected chi connectivity index (χ1v) is 8.99. The molecular formula is C20H19F3N4O2. The predicted octanol–water partition coefficient (Wildman–Crippen LogP) is 4.85. The molecule has 2 aromatic heterocycles. The first-order valence-electron chi connectivity index (χ1n) is 8.99. The van der Waals surface area contributed by atoms with Gasteiger partial charge in [0.2, 0.25) is 11.7 Å². The van der Waals surface area contributed by atoms with Crippen molar-refractivity contribution < 1.29 is 22.4 Å². The van der Waals surface area contributed by atoms with E-state index < -0.39 is 23.5 Å². The average molecular weight is 404 g/mol. The molecular weight excluding hydrogens is 385 g/mol. The van der Waals surface area contributed by atoms with Crippen LogP contribution in [0.15, 0.2) is 53.1 Å². The largest absolute Gasteiger partial charge is 0.452 e. The second-order valence-corrected chi connectivity index (χ2v) is 6.09. The van der Waals surface area contributed by atoms with Crippen molar-refractivity contribution in [3.63, 3.8) is 0 Å². The van der Waals surface area contributed by atoms with Crippen molar-refractivity contribution in [3.05, 3.63) is 60.1 Å². The van der Waals surface area contributed by atoms with Gasteiger partial charge in [-0.25, -0.2) is 9.97 Å². The van der Waals surface area contributed by atoms with Gasteiger partial charge in [0.15, 0.2) is 5.69 Å². The third kappa shape index (κ3) is 4.56. The summed E-state index contributed by atoms with van der Waals surface area (Å²) in [6.07, 6.45) is -3.48. The maximum Gasteiger partial charge on any atom is 0.452 e. The van der Waals surface area contributed by atoms with Crippen LogP contribution in [0.4, 0.5) is 24.7 Å². The standard InChI is InChI=1S/C20H19F3N4O2/c1-3-27(4-2)15-11-10-14(12-24-15)25-18(28)16-17(20(21,22)23)29-19(26-16)13-8-6-5-7-9-13/h5-12H,3-4H2,1-2H3,(H,25,28). The van der Waals surface area contributed by atoms with Gasteiger partial charge in [0.05, 0.1) is 11.9 Å². The lowest BCUT2D eigenvalue weighted by Gasteiger charge is -2.19. The van der Waals surface area contributed by atoms with E-state index in [-0.39, 0.29) is 11.6 Å². The molecule has 0 fully saturated rings. The summed E-state index contributed by atoms with van der Waals surface area (Å²) < 4.78 is 45.0. The van der Waals surface area contributed by atoms with Crippen LogP contribution in [0.2, 0.25) is 0 Å². The number of benzene rings is 1. The number of carbonyl (C=O) groups is 1. The third-order valence-electron chi connectivity index (χ3n) is 4.21. The van der Waals surface area contributed by atoms with Crippen molar-refractivity contribution in [3.8, 4) is 11.5 Å². The fraction of sp³-hybridized carbons (Fsp3) is 0.250. The van der Waals surface area contributed by atoms with Crippen molar-refractivity contribution in [2.45, 2.75) is 20.0 Å². The molecule has 2 heterocycles. The number of pyridine rings is 1. The van der Waals surface area contributed by atoms with E-state index in [1.54, 1.807) is 42.5 Å². The number of carbonyl (C=O) groups excluding carboxylic acids is 1. The molecule has 1 aromatic carbocycles. The summed E-state index contributed by atoms with van der Waals surface area (Å²) in [5.41, 5.74) is -0.241. The number of rotatable bonds is 6. The molecule has 3 aromatic rings. The van der Waals surface area contributed by atoms with Gasteiger partial charge in [-0.05, 0) is 38.1 Å². The number of oxazole rings is 1. The van der Waals surface area contributed by atoms with Gasteiger partial charge in [-0.2, -0.15) is 13.2 Å². The zero-order valence-corrected chi connectivity index (χ0v) is 15.8. The molecule has 152 valence electrons. The highest BCUT2D eigenvalue weighted by Gasteiger charge is 2.42.